The third-order valence-electron chi connectivity index (χ3n) is 4.05. The van der Waals surface area contributed by atoms with E-state index in [1.165, 1.54) is 48.5 Å². The van der Waals surface area contributed by atoms with Crippen molar-refractivity contribution in [1.29, 1.82) is 0 Å². The number of hydrogen-bond donors (Lipinski definition) is 3. The van der Waals surface area contributed by atoms with Gasteiger partial charge in [-0.15, -0.1) is 0 Å². The van der Waals surface area contributed by atoms with Gasteiger partial charge in [0.2, 0.25) is 11.6 Å². The summed E-state index contributed by atoms with van der Waals surface area (Å²) in [6.07, 6.45) is 0. The van der Waals surface area contributed by atoms with Crippen LogP contribution in [0, 0.1) is 0 Å². The van der Waals surface area contributed by atoms with Gasteiger partial charge in [-0.25, -0.2) is 19.4 Å². The lowest BCUT2D eigenvalue weighted by molar-refractivity contribution is -0.344. The molecule has 0 heterocycles. The molecule has 9 heteroatoms. The maximum atomic E-state index is 13.0. The van der Waals surface area contributed by atoms with Gasteiger partial charge >= 0.3 is 17.5 Å². The molecule has 0 bridgehead atoms. The maximum absolute atomic E-state index is 13.0. The molecule has 0 aromatic heterocycles. The molecular weight excluding hydrogens is 372 g/mol. The molecule has 2 aromatic carbocycles. The summed E-state index contributed by atoms with van der Waals surface area (Å²) >= 11 is 0. The van der Waals surface area contributed by atoms with Gasteiger partial charge in [-0.05, 0) is 0 Å². The minimum absolute atomic E-state index is 0.317. The van der Waals surface area contributed by atoms with Crippen molar-refractivity contribution in [2.75, 3.05) is 7.11 Å². The Bertz CT molecular complexity index is 894. The van der Waals surface area contributed by atoms with Crippen LogP contribution in [0.4, 0.5) is 0 Å². The molecule has 2 rings (SSSR count). The topological polar surface area (TPSA) is 147 Å². The zero-order valence-corrected chi connectivity index (χ0v) is 14.6. The average molecular weight is 388 g/mol. The molecule has 146 valence electrons. The minimum atomic E-state index is -3.84. The van der Waals surface area contributed by atoms with E-state index in [9.17, 15) is 34.5 Å². The molecule has 2 aromatic rings. The molecule has 2 atom stereocenters. The van der Waals surface area contributed by atoms with Crippen molar-refractivity contribution in [3.8, 4) is 0 Å². The van der Waals surface area contributed by atoms with E-state index >= 15 is 0 Å². The predicted octanol–water partition coefficient (Wildman–Crippen LogP) is 0.969. The summed E-state index contributed by atoms with van der Waals surface area (Å²) in [6, 6.07) is 13.2. The Morgan fingerprint density at radius 2 is 1.18 bits per heavy atom. The maximum Gasteiger partial charge on any atom is 0.352 e. The van der Waals surface area contributed by atoms with Crippen LogP contribution in [0.1, 0.15) is 20.7 Å². The van der Waals surface area contributed by atoms with Crippen LogP contribution in [-0.2, 0) is 19.4 Å². The van der Waals surface area contributed by atoms with Gasteiger partial charge in [0, 0.05) is 11.1 Å². The number of hydrogen-bond acceptors (Lipinski definition) is 7. The van der Waals surface area contributed by atoms with Crippen molar-refractivity contribution in [2.45, 2.75) is 11.2 Å². The molecule has 0 radical (unpaired) electrons. The Hall–Kier alpha value is -3.40. The fraction of sp³-hybridized carbons (Fsp3) is 0.158. The molecular formula is C19H16O9. The predicted molar refractivity (Wildman–Crippen MR) is 92.6 cm³/mol. The highest BCUT2D eigenvalue weighted by Gasteiger charge is 2.73. The number of carbonyl (C=O) groups is 4. The number of carbonyl (C=O) groups excluding carboxylic acids is 2. The molecule has 9 nitrogen and oxygen atoms in total. The number of aliphatic hydroxyl groups is 1. The largest absolute Gasteiger partial charge is 0.479 e. The van der Waals surface area contributed by atoms with Gasteiger partial charge < -0.3 is 15.3 Å². The SMILES string of the molecule is COOC(C(=O)O)(C(=O)c1ccccc1)C(O)(C(=O)O)C(=O)c1ccccc1. The number of rotatable bonds is 9. The van der Waals surface area contributed by atoms with E-state index in [1.807, 2.05) is 0 Å². The van der Waals surface area contributed by atoms with Gasteiger partial charge in [0.1, 0.15) is 0 Å². The normalized spacial score (nSPS) is 15.1. The van der Waals surface area contributed by atoms with Crippen molar-refractivity contribution < 1.29 is 44.3 Å². The Labute approximate surface area is 158 Å². The molecule has 0 saturated heterocycles. The fourth-order valence-electron chi connectivity index (χ4n) is 2.67. The van der Waals surface area contributed by atoms with E-state index < -0.39 is 34.7 Å². The zero-order chi connectivity index (χ0) is 20.9. The Kier molecular flexibility index (Phi) is 6.04. The molecule has 2 unspecified atom stereocenters. The van der Waals surface area contributed by atoms with Crippen LogP contribution in [-0.4, -0.2) is 57.1 Å². The number of ketones is 2. The second kappa shape index (κ2) is 8.09. The molecule has 0 fully saturated rings. The summed E-state index contributed by atoms with van der Waals surface area (Å²) in [5.74, 6) is -7.58. The van der Waals surface area contributed by atoms with E-state index in [-0.39, 0.29) is 11.1 Å². The van der Waals surface area contributed by atoms with Gasteiger partial charge in [0.05, 0.1) is 7.11 Å². The van der Waals surface area contributed by atoms with Gasteiger partial charge in [-0.1, -0.05) is 60.7 Å². The first-order valence-electron chi connectivity index (χ1n) is 7.84. The molecule has 28 heavy (non-hydrogen) atoms. The van der Waals surface area contributed by atoms with Crippen LogP contribution in [0.25, 0.3) is 0 Å². The van der Waals surface area contributed by atoms with Crippen LogP contribution >= 0.6 is 0 Å². The number of carboxylic acid groups (broad SMARTS) is 2. The average Bonchev–Trinajstić information content (AvgIpc) is 2.71. The zero-order valence-electron chi connectivity index (χ0n) is 14.6. The van der Waals surface area contributed by atoms with Gasteiger partial charge in [-0.2, -0.15) is 0 Å². The highest BCUT2D eigenvalue weighted by molar-refractivity contribution is 6.28. The highest BCUT2D eigenvalue weighted by atomic mass is 17.2. The summed E-state index contributed by atoms with van der Waals surface area (Å²) in [4.78, 5) is 58.9. The lowest BCUT2D eigenvalue weighted by atomic mass is 9.73. The quantitative estimate of drug-likeness (QED) is 0.247. The standard InChI is InChI=1S/C19H16O9/c1-27-28-19(17(24)25,15(21)13-10-6-3-7-11-13)18(26,16(22)23)14(20)12-8-4-2-5-9-12/h2-11,26H,1H3,(H,22,23)(H,24,25). The molecule has 0 spiro atoms. The van der Waals surface area contributed by atoms with Crippen LogP contribution < -0.4 is 0 Å². The Morgan fingerprint density at radius 3 is 1.54 bits per heavy atom. The van der Waals surface area contributed by atoms with Crippen molar-refractivity contribution >= 4 is 23.5 Å². The Balaban J connectivity index is 2.81. The molecule has 0 saturated carbocycles. The minimum Gasteiger partial charge on any atom is -0.479 e. The van der Waals surface area contributed by atoms with Crippen LogP contribution in [0.2, 0.25) is 0 Å². The summed E-state index contributed by atoms with van der Waals surface area (Å²) in [5, 5.41) is 30.3. The summed E-state index contributed by atoms with van der Waals surface area (Å²) in [6.45, 7) is 0. The summed E-state index contributed by atoms with van der Waals surface area (Å²) < 4.78 is 0. The lowest BCUT2D eigenvalue weighted by Crippen LogP contribution is -2.72. The van der Waals surface area contributed by atoms with Crippen molar-refractivity contribution in [3.05, 3.63) is 71.8 Å². The van der Waals surface area contributed by atoms with Crippen LogP contribution in [0.5, 0.6) is 0 Å². The first-order chi connectivity index (χ1) is 13.2. The third kappa shape index (κ3) is 3.18. The first-order valence-corrected chi connectivity index (χ1v) is 7.84. The fourth-order valence-corrected chi connectivity index (χ4v) is 2.67. The lowest BCUT2D eigenvalue weighted by Gasteiger charge is -2.36. The first kappa shape index (κ1) is 20.9. The molecule has 0 aliphatic rings. The van der Waals surface area contributed by atoms with E-state index in [4.69, 9.17) is 0 Å². The molecule has 0 amide bonds. The highest BCUT2D eigenvalue weighted by Crippen LogP contribution is 2.35. The van der Waals surface area contributed by atoms with Crippen molar-refractivity contribution in [3.63, 3.8) is 0 Å². The van der Waals surface area contributed by atoms with Crippen LogP contribution in [0.3, 0.4) is 0 Å². The molecule has 0 aliphatic carbocycles. The third-order valence-corrected chi connectivity index (χ3v) is 4.05. The summed E-state index contributed by atoms with van der Waals surface area (Å²) in [7, 11) is 0.811. The van der Waals surface area contributed by atoms with Crippen LogP contribution in [0.15, 0.2) is 60.7 Å². The molecule has 0 aliphatic heterocycles. The van der Waals surface area contributed by atoms with E-state index in [2.05, 4.69) is 9.78 Å². The van der Waals surface area contributed by atoms with Gasteiger partial charge in [0.15, 0.2) is 0 Å². The number of aliphatic carboxylic acids is 2. The summed E-state index contributed by atoms with van der Waals surface area (Å²) in [5.41, 5.74) is -8.13. The second-order valence-corrected chi connectivity index (χ2v) is 5.64. The van der Waals surface area contributed by atoms with E-state index in [1.54, 1.807) is 0 Å². The second-order valence-electron chi connectivity index (χ2n) is 5.64. The Morgan fingerprint density at radius 1 is 0.750 bits per heavy atom. The van der Waals surface area contributed by atoms with Crippen molar-refractivity contribution in [2.24, 2.45) is 0 Å². The number of carboxylic acids is 2. The number of Topliss-reactive ketones (excluding diaryl/α,β-unsaturated/α-hetero) is 2. The number of benzene rings is 2. The van der Waals surface area contributed by atoms with Gasteiger partial charge in [0.25, 0.3) is 5.60 Å². The monoisotopic (exact) mass is 388 g/mol. The molecule has 3 N–H and O–H groups in total. The van der Waals surface area contributed by atoms with E-state index in [0.717, 1.165) is 19.2 Å². The van der Waals surface area contributed by atoms with Gasteiger partial charge in [-0.3, -0.25) is 9.59 Å². The van der Waals surface area contributed by atoms with Crippen molar-refractivity contribution in [1.82, 2.24) is 0 Å². The smallest absolute Gasteiger partial charge is 0.352 e. The van der Waals surface area contributed by atoms with E-state index in [0.29, 0.717) is 0 Å².